The zero-order valence-electron chi connectivity index (χ0n) is 17.5. The van der Waals surface area contributed by atoms with Crippen LogP contribution in [-0.4, -0.2) is 43.6 Å². The highest BCUT2D eigenvalue weighted by Gasteiger charge is 2.17. The van der Waals surface area contributed by atoms with Crippen LogP contribution in [-0.2, 0) is 6.61 Å². The average Bonchev–Trinajstić information content (AvgIpc) is 2.76. The summed E-state index contributed by atoms with van der Waals surface area (Å²) in [5.41, 5.74) is 1.67. The molecular formula is C24H32N2O3. The van der Waals surface area contributed by atoms with Crippen LogP contribution in [0.3, 0.4) is 0 Å². The Bertz CT molecular complexity index is 779. The highest BCUT2D eigenvalue weighted by molar-refractivity contribution is 5.94. The molecule has 1 atom stereocenters. The van der Waals surface area contributed by atoms with Crippen molar-refractivity contribution in [2.45, 2.75) is 45.3 Å². The Morgan fingerprint density at radius 1 is 1.14 bits per heavy atom. The number of nitrogens with zero attached hydrogens (tertiary/aromatic N) is 1. The molecule has 0 aromatic heterocycles. The van der Waals surface area contributed by atoms with Crippen molar-refractivity contribution in [3.8, 4) is 11.5 Å². The molecule has 0 radical (unpaired) electrons. The molecule has 0 bridgehead atoms. The third kappa shape index (κ3) is 6.23. The number of carbonyl (C=O) groups excluding carboxylic acids is 1. The summed E-state index contributed by atoms with van der Waals surface area (Å²) >= 11 is 0. The maximum atomic E-state index is 12.5. The fourth-order valence-corrected chi connectivity index (χ4v) is 3.74. The topological polar surface area (TPSA) is 50.8 Å². The number of rotatable bonds is 9. The number of carbonyl (C=O) groups is 1. The van der Waals surface area contributed by atoms with Crippen molar-refractivity contribution in [3.05, 3.63) is 59.7 Å². The summed E-state index contributed by atoms with van der Waals surface area (Å²) in [7, 11) is 1.59. The monoisotopic (exact) mass is 396 g/mol. The molecule has 1 heterocycles. The summed E-state index contributed by atoms with van der Waals surface area (Å²) in [6.45, 7) is 5.65. The molecule has 2 aromatic carbocycles. The zero-order chi connectivity index (χ0) is 20.5. The summed E-state index contributed by atoms with van der Waals surface area (Å²) in [6.07, 6.45) is 4.87. The van der Waals surface area contributed by atoms with E-state index >= 15 is 0 Å². The van der Waals surface area contributed by atoms with Gasteiger partial charge in [0.15, 0.2) is 11.5 Å². The molecule has 0 saturated carbocycles. The summed E-state index contributed by atoms with van der Waals surface area (Å²) in [5, 5.41) is 3.02. The molecule has 1 saturated heterocycles. The van der Waals surface area contributed by atoms with Gasteiger partial charge in [0.2, 0.25) is 0 Å². The summed E-state index contributed by atoms with van der Waals surface area (Å²) < 4.78 is 11.3. The molecule has 0 spiro atoms. The van der Waals surface area contributed by atoms with E-state index in [2.05, 4.69) is 17.1 Å². The first-order valence-electron chi connectivity index (χ1n) is 10.5. The van der Waals surface area contributed by atoms with Crippen molar-refractivity contribution in [1.82, 2.24) is 10.2 Å². The van der Waals surface area contributed by atoms with E-state index in [-0.39, 0.29) is 5.91 Å². The van der Waals surface area contributed by atoms with E-state index in [0.717, 1.165) is 18.5 Å². The van der Waals surface area contributed by atoms with Gasteiger partial charge in [0, 0.05) is 24.7 Å². The van der Waals surface area contributed by atoms with E-state index in [1.54, 1.807) is 25.3 Å². The normalized spacial score (nSPS) is 17.0. The standard InChI is InChI=1S/C24H32N2O3/c1-19-9-6-7-15-26(19)16-8-14-25-24(27)21-12-13-22(23(17-21)28-2)29-18-20-10-4-3-5-11-20/h3-5,10-13,17,19H,6-9,14-16,18H2,1-2H3,(H,25,27)/t19-/m0/s1. The van der Waals surface area contributed by atoms with Crippen LogP contribution in [0.1, 0.15) is 48.5 Å². The van der Waals surface area contributed by atoms with Crippen LogP contribution < -0.4 is 14.8 Å². The largest absolute Gasteiger partial charge is 0.493 e. The lowest BCUT2D eigenvalue weighted by atomic mass is 10.0. The molecule has 3 rings (SSSR count). The van der Waals surface area contributed by atoms with Crippen molar-refractivity contribution in [3.63, 3.8) is 0 Å². The Balaban J connectivity index is 1.48. The van der Waals surface area contributed by atoms with Crippen LogP contribution in [0.4, 0.5) is 0 Å². The quantitative estimate of drug-likeness (QED) is 0.643. The molecule has 1 fully saturated rings. The van der Waals surface area contributed by atoms with Gasteiger partial charge >= 0.3 is 0 Å². The van der Waals surface area contributed by atoms with Gasteiger partial charge in [-0.05, 0) is 56.5 Å². The summed E-state index contributed by atoms with van der Waals surface area (Å²) in [4.78, 5) is 15.0. The zero-order valence-corrected chi connectivity index (χ0v) is 17.5. The van der Waals surface area contributed by atoms with Gasteiger partial charge in [0.05, 0.1) is 7.11 Å². The van der Waals surface area contributed by atoms with Crippen LogP contribution in [0, 0.1) is 0 Å². The Morgan fingerprint density at radius 3 is 2.72 bits per heavy atom. The van der Waals surface area contributed by atoms with Gasteiger partial charge in [-0.2, -0.15) is 0 Å². The van der Waals surface area contributed by atoms with E-state index in [1.807, 2.05) is 30.3 Å². The van der Waals surface area contributed by atoms with Crippen molar-refractivity contribution in [1.29, 1.82) is 0 Å². The second-order valence-corrected chi connectivity index (χ2v) is 7.63. The first-order chi connectivity index (χ1) is 14.2. The third-order valence-corrected chi connectivity index (χ3v) is 5.51. The lowest BCUT2D eigenvalue weighted by molar-refractivity contribution is 0.0948. The number of methoxy groups -OCH3 is 1. The second-order valence-electron chi connectivity index (χ2n) is 7.63. The molecule has 5 heteroatoms. The number of hydrogen-bond donors (Lipinski definition) is 1. The molecule has 29 heavy (non-hydrogen) atoms. The van der Waals surface area contributed by atoms with Crippen molar-refractivity contribution in [2.75, 3.05) is 26.7 Å². The molecule has 2 aromatic rings. The number of piperidine rings is 1. The number of amides is 1. The number of likely N-dealkylation sites (tertiary alicyclic amines) is 1. The summed E-state index contributed by atoms with van der Waals surface area (Å²) in [5.74, 6) is 1.12. The van der Waals surface area contributed by atoms with Crippen molar-refractivity contribution >= 4 is 5.91 Å². The first kappa shape index (κ1) is 21.2. The van der Waals surface area contributed by atoms with Gasteiger partial charge in [-0.3, -0.25) is 4.79 Å². The molecular weight excluding hydrogens is 364 g/mol. The minimum absolute atomic E-state index is 0.0791. The minimum atomic E-state index is -0.0791. The Hall–Kier alpha value is -2.53. The van der Waals surface area contributed by atoms with Gasteiger partial charge in [-0.25, -0.2) is 0 Å². The highest BCUT2D eigenvalue weighted by Crippen LogP contribution is 2.29. The van der Waals surface area contributed by atoms with E-state index < -0.39 is 0 Å². The van der Waals surface area contributed by atoms with E-state index in [0.29, 0.717) is 36.3 Å². The van der Waals surface area contributed by atoms with Crippen LogP contribution in [0.15, 0.2) is 48.5 Å². The second kappa shape index (κ2) is 10.9. The van der Waals surface area contributed by atoms with E-state index in [4.69, 9.17) is 9.47 Å². The predicted octanol–water partition coefficient (Wildman–Crippen LogP) is 4.27. The number of benzene rings is 2. The third-order valence-electron chi connectivity index (χ3n) is 5.51. The maximum Gasteiger partial charge on any atom is 0.251 e. The SMILES string of the molecule is COc1cc(C(=O)NCCCN2CCCC[C@@H]2C)ccc1OCc1ccccc1. The maximum absolute atomic E-state index is 12.5. The molecule has 1 aliphatic heterocycles. The van der Waals surface area contributed by atoms with Gasteiger partial charge in [-0.1, -0.05) is 36.8 Å². The number of hydrogen-bond acceptors (Lipinski definition) is 4. The lowest BCUT2D eigenvalue weighted by Crippen LogP contribution is -2.39. The molecule has 1 aliphatic rings. The van der Waals surface area contributed by atoms with Crippen LogP contribution in [0.2, 0.25) is 0 Å². The Kier molecular flexibility index (Phi) is 7.94. The van der Waals surface area contributed by atoms with Gasteiger partial charge < -0.3 is 19.7 Å². The fraction of sp³-hybridized carbons (Fsp3) is 0.458. The van der Waals surface area contributed by atoms with Crippen molar-refractivity contribution in [2.24, 2.45) is 0 Å². The fourth-order valence-electron chi connectivity index (χ4n) is 3.74. The van der Waals surface area contributed by atoms with Crippen LogP contribution in [0.5, 0.6) is 11.5 Å². The first-order valence-corrected chi connectivity index (χ1v) is 10.5. The highest BCUT2D eigenvalue weighted by atomic mass is 16.5. The molecule has 1 N–H and O–H groups in total. The molecule has 156 valence electrons. The van der Waals surface area contributed by atoms with Crippen molar-refractivity contribution < 1.29 is 14.3 Å². The van der Waals surface area contributed by atoms with E-state index in [9.17, 15) is 4.79 Å². The van der Waals surface area contributed by atoms with Gasteiger partial charge in [0.25, 0.3) is 5.91 Å². The van der Waals surface area contributed by atoms with E-state index in [1.165, 1.54) is 25.8 Å². The average molecular weight is 397 g/mol. The molecule has 0 unspecified atom stereocenters. The minimum Gasteiger partial charge on any atom is -0.493 e. The van der Waals surface area contributed by atoms with Gasteiger partial charge in [0.1, 0.15) is 6.61 Å². The molecule has 1 amide bonds. The Morgan fingerprint density at radius 2 is 1.97 bits per heavy atom. The lowest BCUT2D eigenvalue weighted by Gasteiger charge is -2.33. The van der Waals surface area contributed by atoms with Crippen LogP contribution >= 0.6 is 0 Å². The molecule has 5 nitrogen and oxygen atoms in total. The molecule has 0 aliphatic carbocycles. The predicted molar refractivity (Wildman–Crippen MR) is 116 cm³/mol. The summed E-state index contributed by atoms with van der Waals surface area (Å²) in [6, 6.07) is 15.9. The van der Waals surface area contributed by atoms with Gasteiger partial charge in [-0.15, -0.1) is 0 Å². The van der Waals surface area contributed by atoms with Crippen LogP contribution in [0.25, 0.3) is 0 Å². The number of ether oxygens (including phenoxy) is 2. The smallest absolute Gasteiger partial charge is 0.251 e. The number of nitrogens with one attached hydrogen (secondary N) is 1. The Labute approximate surface area is 174 Å².